The molecule has 0 aromatic carbocycles. The Balaban J connectivity index is 2.03. The second-order valence-corrected chi connectivity index (χ2v) is 6.37. The smallest absolute Gasteiger partial charge is 0.0484 e. The highest BCUT2D eigenvalue weighted by Gasteiger charge is 2.44. The predicted octanol–water partition coefficient (Wildman–Crippen LogP) is 0.910. The van der Waals surface area contributed by atoms with Crippen LogP contribution in [0, 0.1) is 0 Å². The Hall–Kier alpha value is -0.160. The summed E-state index contributed by atoms with van der Waals surface area (Å²) in [5.74, 6) is 0. The van der Waals surface area contributed by atoms with Gasteiger partial charge in [-0.15, -0.1) is 0 Å². The standard InChI is InChI=1S/C14H29N3O/c1-16(2)14(5-4-6-14)12-17(3)13(11-15)7-9-18-10-8-13/h4-12,15H2,1-3H3. The van der Waals surface area contributed by atoms with Crippen LogP contribution in [0.4, 0.5) is 0 Å². The summed E-state index contributed by atoms with van der Waals surface area (Å²) in [6.07, 6.45) is 6.15. The first-order chi connectivity index (χ1) is 8.55. The number of nitrogens with zero attached hydrogens (tertiary/aromatic N) is 2. The second kappa shape index (κ2) is 5.45. The van der Waals surface area contributed by atoms with Crippen LogP contribution < -0.4 is 5.73 Å². The first kappa shape index (κ1) is 14.3. The number of hydrogen-bond acceptors (Lipinski definition) is 4. The van der Waals surface area contributed by atoms with Crippen LogP contribution in [0.3, 0.4) is 0 Å². The summed E-state index contributed by atoms with van der Waals surface area (Å²) < 4.78 is 5.50. The van der Waals surface area contributed by atoms with Crippen molar-refractivity contribution in [3.8, 4) is 0 Å². The van der Waals surface area contributed by atoms with Crippen LogP contribution in [0.5, 0.6) is 0 Å². The van der Waals surface area contributed by atoms with Crippen molar-refractivity contribution < 1.29 is 4.74 Å². The van der Waals surface area contributed by atoms with Gasteiger partial charge in [-0.3, -0.25) is 4.90 Å². The van der Waals surface area contributed by atoms with Crippen molar-refractivity contribution >= 4 is 0 Å². The highest BCUT2D eigenvalue weighted by molar-refractivity contribution is 5.02. The van der Waals surface area contributed by atoms with E-state index in [9.17, 15) is 0 Å². The maximum absolute atomic E-state index is 6.08. The lowest BCUT2D eigenvalue weighted by atomic mass is 9.74. The van der Waals surface area contributed by atoms with Gasteiger partial charge in [0.2, 0.25) is 0 Å². The SMILES string of the molecule is CN(C)C1(CN(C)C2(CN)CCOCC2)CCC1. The topological polar surface area (TPSA) is 41.7 Å². The molecule has 0 aromatic heterocycles. The maximum Gasteiger partial charge on any atom is 0.0484 e. The van der Waals surface area contributed by atoms with Crippen LogP contribution in [0.1, 0.15) is 32.1 Å². The van der Waals surface area contributed by atoms with E-state index in [1.54, 1.807) is 0 Å². The quantitative estimate of drug-likeness (QED) is 0.793. The fraction of sp³-hybridized carbons (Fsp3) is 1.00. The van der Waals surface area contributed by atoms with Crippen LogP contribution in [-0.4, -0.2) is 68.3 Å². The van der Waals surface area contributed by atoms with Gasteiger partial charge in [0, 0.05) is 37.4 Å². The molecule has 0 atom stereocenters. The van der Waals surface area contributed by atoms with Crippen molar-refractivity contribution in [3.63, 3.8) is 0 Å². The van der Waals surface area contributed by atoms with Gasteiger partial charge in [-0.25, -0.2) is 0 Å². The zero-order chi connectivity index (χ0) is 13.2. The van der Waals surface area contributed by atoms with Gasteiger partial charge < -0.3 is 15.4 Å². The molecular formula is C14H29N3O. The van der Waals surface area contributed by atoms with Gasteiger partial charge in [0.15, 0.2) is 0 Å². The molecule has 4 heteroatoms. The van der Waals surface area contributed by atoms with E-state index in [0.29, 0.717) is 5.54 Å². The van der Waals surface area contributed by atoms with E-state index in [2.05, 4.69) is 30.9 Å². The van der Waals surface area contributed by atoms with Crippen LogP contribution in [-0.2, 0) is 4.74 Å². The van der Waals surface area contributed by atoms with Gasteiger partial charge in [0.1, 0.15) is 0 Å². The van der Waals surface area contributed by atoms with Crippen molar-refractivity contribution in [2.45, 2.75) is 43.2 Å². The lowest BCUT2D eigenvalue weighted by Gasteiger charge is -2.53. The van der Waals surface area contributed by atoms with Crippen molar-refractivity contribution in [2.75, 3.05) is 47.4 Å². The Morgan fingerprint density at radius 2 is 1.61 bits per heavy atom. The highest BCUT2D eigenvalue weighted by atomic mass is 16.5. The van der Waals surface area contributed by atoms with E-state index in [4.69, 9.17) is 10.5 Å². The molecule has 0 aromatic rings. The summed E-state index contributed by atoms with van der Waals surface area (Å²) in [4.78, 5) is 4.94. The lowest BCUT2D eigenvalue weighted by molar-refractivity contribution is -0.0515. The molecule has 0 radical (unpaired) electrons. The molecule has 1 saturated heterocycles. The predicted molar refractivity (Wildman–Crippen MR) is 74.7 cm³/mol. The molecular weight excluding hydrogens is 226 g/mol. The molecule has 0 unspecified atom stereocenters. The first-order valence-electron chi connectivity index (χ1n) is 7.21. The van der Waals surface area contributed by atoms with Crippen molar-refractivity contribution in [1.82, 2.24) is 9.80 Å². The molecule has 106 valence electrons. The third-order valence-electron chi connectivity index (χ3n) is 5.38. The van der Waals surface area contributed by atoms with Crippen LogP contribution in [0.15, 0.2) is 0 Å². The maximum atomic E-state index is 6.08. The van der Waals surface area contributed by atoms with Crippen molar-refractivity contribution in [1.29, 1.82) is 0 Å². The minimum Gasteiger partial charge on any atom is -0.381 e. The fourth-order valence-corrected chi connectivity index (χ4v) is 3.43. The number of ether oxygens (including phenoxy) is 1. The summed E-state index contributed by atoms with van der Waals surface area (Å²) >= 11 is 0. The third kappa shape index (κ3) is 2.44. The molecule has 0 bridgehead atoms. The summed E-state index contributed by atoms with van der Waals surface area (Å²) in [6, 6.07) is 0. The van der Waals surface area contributed by atoms with Gasteiger partial charge in [-0.05, 0) is 53.2 Å². The molecule has 2 N–H and O–H groups in total. The van der Waals surface area contributed by atoms with E-state index in [1.807, 2.05) is 0 Å². The summed E-state index contributed by atoms with van der Waals surface area (Å²) in [6.45, 7) is 3.60. The molecule has 1 aliphatic heterocycles. The average Bonchev–Trinajstić information content (AvgIpc) is 2.33. The number of likely N-dealkylation sites (N-methyl/N-ethyl adjacent to an activating group) is 2. The van der Waals surface area contributed by atoms with E-state index >= 15 is 0 Å². The van der Waals surface area contributed by atoms with Gasteiger partial charge in [-0.1, -0.05) is 0 Å². The second-order valence-electron chi connectivity index (χ2n) is 6.37. The Kier molecular flexibility index (Phi) is 4.32. The zero-order valence-electron chi connectivity index (χ0n) is 12.2. The summed E-state index contributed by atoms with van der Waals surface area (Å²) in [5, 5.41) is 0. The zero-order valence-corrected chi connectivity index (χ0v) is 12.2. The lowest BCUT2D eigenvalue weighted by Crippen LogP contribution is -2.63. The highest BCUT2D eigenvalue weighted by Crippen LogP contribution is 2.39. The Bertz CT molecular complexity index is 270. The van der Waals surface area contributed by atoms with Crippen LogP contribution >= 0.6 is 0 Å². The van der Waals surface area contributed by atoms with Crippen molar-refractivity contribution in [2.24, 2.45) is 5.73 Å². The van der Waals surface area contributed by atoms with Gasteiger partial charge in [0.25, 0.3) is 0 Å². The summed E-state index contributed by atoms with van der Waals surface area (Å²) in [7, 11) is 6.68. The molecule has 1 saturated carbocycles. The first-order valence-corrected chi connectivity index (χ1v) is 7.21. The minimum atomic E-state index is 0.164. The summed E-state index contributed by atoms with van der Waals surface area (Å²) in [5.41, 5.74) is 6.63. The Labute approximate surface area is 111 Å². The Morgan fingerprint density at radius 1 is 1.00 bits per heavy atom. The molecule has 18 heavy (non-hydrogen) atoms. The third-order valence-corrected chi connectivity index (χ3v) is 5.38. The molecule has 1 heterocycles. The average molecular weight is 255 g/mol. The molecule has 2 aliphatic rings. The van der Waals surface area contributed by atoms with E-state index in [0.717, 1.165) is 39.1 Å². The molecule has 2 rings (SSSR count). The molecule has 1 aliphatic carbocycles. The molecule has 0 amide bonds. The normalized spacial score (nSPS) is 26.3. The molecule has 0 spiro atoms. The van der Waals surface area contributed by atoms with Gasteiger partial charge >= 0.3 is 0 Å². The minimum absolute atomic E-state index is 0.164. The van der Waals surface area contributed by atoms with Crippen LogP contribution in [0.2, 0.25) is 0 Å². The van der Waals surface area contributed by atoms with Gasteiger partial charge in [0.05, 0.1) is 0 Å². The number of hydrogen-bond donors (Lipinski definition) is 1. The van der Waals surface area contributed by atoms with E-state index < -0.39 is 0 Å². The monoisotopic (exact) mass is 255 g/mol. The Morgan fingerprint density at radius 3 is 2.00 bits per heavy atom. The fourth-order valence-electron chi connectivity index (χ4n) is 3.43. The van der Waals surface area contributed by atoms with E-state index in [-0.39, 0.29) is 5.54 Å². The van der Waals surface area contributed by atoms with E-state index in [1.165, 1.54) is 19.3 Å². The molecule has 4 nitrogen and oxygen atoms in total. The number of rotatable bonds is 5. The van der Waals surface area contributed by atoms with Crippen molar-refractivity contribution in [3.05, 3.63) is 0 Å². The van der Waals surface area contributed by atoms with Crippen LogP contribution in [0.25, 0.3) is 0 Å². The molecule has 2 fully saturated rings. The van der Waals surface area contributed by atoms with Gasteiger partial charge in [-0.2, -0.15) is 0 Å². The number of nitrogens with two attached hydrogens (primary N) is 1. The largest absolute Gasteiger partial charge is 0.381 e.